The Hall–Kier alpha value is -2.49. The lowest BCUT2D eigenvalue weighted by molar-refractivity contribution is -0.169. The van der Waals surface area contributed by atoms with E-state index in [1.165, 1.54) is 18.1 Å². The van der Waals surface area contributed by atoms with Crippen LogP contribution in [0.4, 0.5) is 0 Å². The second kappa shape index (κ2) is 13.3. The molecule has 9 heteroatoms. The predicted octanol–water partition coefficient (Wildman–Crippen LogP) is 6.19. The molecule has 292 valence electrons. The predicted molar refractivity (Wildman–Crippen MR) is 197 cm³/mol. The molecule has 0 aromatic rings. The van der Waals surface area contributed by atoms with Crippen molar-refractivity contribution in [3.63, 3.8) is 0 Å². The number of Topliss-reactive ketones (excluding diaryl/α,β-unsaturated/α-hetero) is 2. The van der Waals surface area contributed by atoms with E-state index in [9.17, 15) is 39.3 Å². The number of allylic oxidation sites excluding steroid dienone is 2. The van der Waals surface area contributed by atoms with Crippen LogP contribution in [0.1, 0.15) is 137 Å². The van der Waals surface area contributed by atoms with Gasteiger partial charge in [-0.1, -0.05) is 38.8 Å². The van der Waals surface area contributed by atoms with Gasteiger partial charge in [-0.2, -0.15) is 0 Å². The van der Waals surface area contributed by atoms with Crippen molar-refractivity contribution in [1.82, 2.24) is 0 Å². The van der Waals surface area contributed by atoms with Gasteiger partial charge in [0.25, 0.3) is 0 Å². The highest BCUT2D eigenvalue weighted by Gasteiger charge is 2.67. The highest BCUT2D eigenvalue weighted by atomic mass is 16.5. The van der Waals surface area contributed by atoms with E-state index in [1.54, 1.807) is 0 Å². The van der Waals surface area contributed by atoms with Crippen LogP contribution in [0.5, 0.6) is 0 Å². The van der Waals surface area contributed by atoms with Crippen LogP contribution >= 0.6 is 0 Å². The van der Waals surface area contributed by atoms with E-state index in [4.69, 9.17) is 4.74 Å². The maximum atomic E-state index is 12.8. The topological polar surface area (TPSA) is 155 Å². The molecule has 0 saturated heterocycles. The van der Waals surface area contributed by atoms with Crippen molar-refractivity contribution in [2.45, 2.75) is 149 Å². The van der Waals surface area contributed by atoms with Crippen molar-refractivity contribution in [3.8, 4) is 0 Å². The van der Waals surface area contributed by atoms with E-state index >= 15 is 0 Å². The minimum Gasteiger partial charge on any atom is -0.458 e. The number of aliphatic hydroxyl groups excluding tert-OH is 1. The third-order valence-electron chi connectivity index (χ3n) is 17.7. The van der Waals surface area contributed by atoms with E-state index in [2.05, 4.69) is 27.7 Å². The SMILES string of the molecule is CC(=O)OCC(=O)[C@@]1(O)CCC2C3CCC4=CC(=O)CC[C@]4(C)C3CC[C@@]21C.C[C@]12CCC(=O)C=C1CCC1C2CC[C@@]2(C)C1CC[C@]2(O)C(=O)CO. The number of hydrogen-bond donors (Lipinski definition) is 3. The summed E-state index contributed by atoms with van der Waals surface area (Å²) in [4.78, 5) is 60.1. The third kappa shape index (κ3) is 5.66. The van der Waals surface area contributed by atoms with Crippen molar-refractivity contribution in [2.75, 3.05) is 13.2 Å². The van der Waals surface area contributed by atoms with Crippen LogP contribution in [0, 0.1) is 57.2 Å². The highest BCUT2D eigenvalue weighted by molar-refractivity contribution is 5.93. The monoisotopic (exact) mass is 734 g/mol. The first kappa shape index (κ1) is 38.8. The third-order valence-corrected chi connectivity index (χ3v) is 17.7. The molecule has 0 spiro atoms. The maximum absolute atomic E-state index is 12.8. The molecule has 0 radical (unpaired) electrons. The Balaban J connectivity index is 0.000000165. The Labute approximate surface area is 314 Å². The minimum absolute atomic E-state index is 0.0839. The van der Waals surface area contributed by atoms with Gasteiger partial charge in [-0.15, -0.1) is 0 Å². The molecule has 0 amide bonds. The van der Waals surface area contributed by atoms with Crippen LogP contribution in [0.2, 0.25) is 0 Å². The standard InChI is InChI=1S/C23H32O5.C21H30O4/c1-14(24)28-13-20(26)23(27)11-8-19-17-5-4-15-12-16(25)6-9-21(15,2)18(17)7-10-22(19,23)3;1-19-8-5-14(23)11-13(19)3-4-15-16(19)6-9-20(2)17(15)7-10-21(20,25)18(24)12-22/h12,17-19,27H,4-11,13H2,1-3H3;11,15-17,22,25H,3-10,12H2,1-2H3/t17?,18?,19?,21-,22-,23-;15?,16?,17?,19-,20-,21-/m00/s1. The van der Waals surface area contributed by atoms with Gasteiger partial charge >= 0.3 is 5.97 Å². The fourth-order valence-corrected chi connectivity index (χ4v) is 14.5. The molecule has 8 rings (SSSR count). The van der Waals surface area contributed by atoms with Crippen molar-refractivity contribution < 1.29 is 44.0 Å². The zero-order valence-electron chi connectivity index (χ0n) is 32.6. The Morgan fingerprint density at radius 1 is 0.623 bits per heavy atom. The zero-order valence-corrected chi connectivity index (χ0v) is 32.6. The average molecular weight is 735 g/mol. The zero-order chi connectivity index (χ0) is 38.4. The summed E-state index contributed by atoms with van der Waals surface area (Å²) in [6.07, 6.45) is 17.3. The largest absolute Gasteiger partial charge is 0.458 e. The van der Waals surface area contributed by atoms with Gasteiger partial charge in [0, 0.05) is 30.6 Å². The maximum Gasteiger partial charge on any atom is 0.303 e. The van der Waals surface area contributed by atoms with Crippen LogP contribution < -0.4 is 0 Å². The van der Waals surface area contributed by atoms with Gasteiger partial charge in [0.1, 0.15) is 17.8 Å². The molecule has 8 aliphatic carbocycles. The molecule has 0 aromatic heterocycles. The number of esters is 1. The Morgan fingerprint density at radius 2 is 1.04 bits per heavy atom. The number of fused-ring (bicyclic) bond motifs is 10. The number of aliphatic hydroxyl groups is 3. The van der Waals surface area contributed by atoms with Crippen LogP contribution in [-0.2, 0) is 28.7 Å². The Kier molecular flexibility index (Phi) is 9.75. The summed E-state index contributed by atoms with van der Waals surface area (Å²) >= 11 is 0. The summed E-state index contributed by atoms with van der Waals surface area (Å²) in [6, 6.07) is 0. The van der Waals surface area contributed by atoms with Gasteiger partial charge in [-0.25, -0.2) is 0 Å². The molecule has 9 nitrogen and oxygen atoms in total. The van der Waals surface area contributed by atoms with E-state index in [-0.39, 0.29) is 34.8 Å². The number of hydrogen-bond acceptors (Lipinski definition) is 9. The molecule has 0 heterocycles. The summed E-state index contributed by atoms with van der Waals surface area (Å²) in [6.45, 7) is 9.19. The van der Waals surface area contributed by atoms with Crippen molar-refractivity contribution in [3.05, 3.63) is 23.3 Å². The number of ether oxygens (including phenoxy) is 1. The molecule has 53 heavy (non-hydrogen) atoms. The fraction of sp³-hybridized carbons (Fsp3) is 0.795. The first-order chi connectivity index (χ1) is 24.9. The second-order valence-electron chi connectivity index (χ2n) is 19.4. The summed E-state index contributed by atoms with van der Waals surface area (Å²) in [7, 11) is 0. The van der Waals surface area contributed by atoms with E-state index in [0.29, 0.717) is 61.2 Å². The smallest absolute Gasteiger partial charge is 0.303 e. The molecule has 12 atom stereocenters. The van der Waals surface area contributed by atoms with Gasteiger partial charge in [-0.3, -0.25) is 24.0 Å². The fourth-order valence-electron chi connectivity index (χ4n) is 14.5. The highest BCUT2D eigenvalue weighted by Crippen LogP contribution is 2.69. The lowest BCUT2D eigenvalue weighted by atomic mass is 9.46. The van der Waals surface area contributed by atoms with Crippen LogP contribution in [0.15, 0.2) is 23.3 Å². The summed E-state index contributed by atoms with van der Waals surface area (Å²) in [5.41, 5.74) is -0.792. The first-order valence-corrected chi connectivity index (χ1v) is 20.6. The normalized spacial score (nSPS) is 46.8. The van der Waals surface area contributed by atoms with Crippen LogP contribution in [-0.4, -0.2) is 68.8 Å². The molecule has 0 aliphatic heterocycles. The van der Waals surface area contributed by atoms with Gasteiger partial charge in [-0.05, 0) is 148 Å². The van der Waals surface area contributed by atoms with E-state index in [0.717, 1.165) is 77.0 Å². The van der Waals surface area contributed by atoms with Crippen molar-refractivity contribution in [2.24, 2.45) is 57.2 Å². The minimum atomic E-state index is -1.41. The van der Waals surface area contributed by atoms with Gasteiger partial charge < -0.3 is 20.1 Å². The second-order valence-corrected chi connectivity index (χ2v) is 19.4. The number of carbonyl (C=O) groups excluding carboxylic acids is 5. The number of ketones is 4. The van der Waals surface area contributed by atoms with Crippen LogP contribution in [0.25, 0.3) is 0 Å². The Bertz CT molecular complexity index is 1640. The quantitative estimate of drug-likeness (QED) is 0.281. The van der Waals surface area contributed by atoms with E-state index < -0.39 is 40.4 Å². The molecular weight excluding hydrogens is 672 g/mol. The summed E-state index contributed by atoms with van der Waals surface area (Å²) in [5.74, 6) is 1.98. The molecule has 6 unspecified atom stereocenters. The molecule has 6 fully saturated rings. The van der Waals surface area contributed by atoms with Crippen LogP contribution in [0.3, 0.4) is 0 Å². The molecule has 6 saturated carbocycles. The first-order valence-electron chi connectivity index (χ1n) is 20.6. The van der Waals surface area contributed by atoms with Crippen molar-refractivity contribution in [1.29, 1.82) is 0 Å². The molecule has 0 aromatic carbocycles. The van der Waals surface area contributed by atoms with E-state index in [1.807, 2.05) is 12.2 Å². The summed E-state index contributed by atoms with van der Waals surface area (Å²) < 4.78 is 4.92. The van der Waals surface area contributed by atoms with Gasteiger partial charge in [0.2, 0.25) is 5.78 Å². The molecule has 3 N–H and O–H groups in total. The molecular formula is C44H62O9. The van der Waals surface area contributed by atoms with Gasteiger partial charge in [0.05, 0.1) is 0 Å². The van der Waals surface area contributed by atoms with Gasteiger partial charge in [0.15, 0.2) is 24.0 Å². The lowest BCUT2D eigenvalue weighted by Gasteiger charge is -2.58. The lowest BCUT2D eigenvalue weighted by Crippen LogP contribution is -2.58. The number of carbonyl (C=O) groups is 5. The molecule has 0 bridgehead atoms. The summed E-state index contributed by atoms with van der Waals surface area (Å²) in [5, 5.41) is 32.0. The van der Waals surface area contributed by atoms with Crippen molar-refractivity contribution >= 4 is 29.1 Å². The Morgan fingerprint density at radius 3 is 1.45 bits per heavy atom. The number of rotatable bonds is 5. The average Bonchev–Trinajstić information content (AvgIpc) is 3.57. The molecule has 8 aliphatic rings.